The number of guanidine groups is 1. The highest BCUT2D eigenvalue weighted by molar-refractivity contribution is 14.0. The number of benzene rings is 1. The summed E-state index contributed by atoms with van der Waals surface area (Å²) in [5.74, 6) is 1.97. The van der Waals surface area contributed by atoms with Gasteiger partial charge < -0.3 is 20.5 Å². The number of nitrogens with one attached hydrogen (secondary N) is 2. The molecule has 28 heavy (non-hydrogen) atoms. The van der Waals surface area contributed by atoms with Crippen LogP contribution in [0.25, 0.3) is 0 Å². The van der Waals surface area contributed by atoms with E-state index in [4.69, 9.17) is 4.74 Å². The molecule has 0 bridgehead atoms. The Labute approximate surface area is 191 Å². The number of halogens is 1. The Kier molecular flexibility index (Phi) is 13.2. The van der Waals surface area contributed by atoms with E-state index in [0.29, 0.717) is 12.6 Å². The van der Waals surface area contributed by atoms with E-state index < -0.39 is 6.10 Å². The lowest BCUT2D eigenvalue weighted by Gasteiger charge is -2.19. The topological polar surface area (TPSA) is 65.9 Å². The van der Waals surface area contributed by atoms with Crippen molar-refractivity contribution in [3.05, 3.63) is 35.9 Å². The molecular formula is C21H36IN3O2S. The van der Waals surface area contributed by atoms with Crippen molar-refractivity contribution in [3.63, 3.8) is 0 Å². The number of nitrogens with zero attached hydrogens (tertiary/aromatic N) is 1. The number of aliphatic imine (C=N–C) groups is 1. The van der Waals surface area contributed by atoms with Gasteiger partial charge in [-0.3, -0.25) is 4.99 Å². The minimum absolute atomic E-state index is 0. The lowest BCUT2D eigenvalue weighted by molar-refractivity contribution is 0.00111. The molecule has 0 amide bonds. The third-order valence-electron chi connectivity index (χ3n) is 4.74. The molecule has 1 aromatic rings. The van der Waals surface area contributed by atoms with Gasteiger partial charge in [-0.05, 0) is 44.4 Å². The molecule has 1 fully saturated rings. The molecule has 1 aliphatic rings. The molecule has 0 spiro atoms. The van der Waals surface area contributed by atoms with Crippen molar-refractivity contribution in [2.24, 2.45) is 4.99 Å². The van der Waals surface area contributed by atoms with Gasteiger partial charge in [-0.15, -0.1) is 24.0 Å². The summed E-state index contributed by atoms with van der Waals surface area (Å²) in [6.07, 6.45) is 2.98. The first-order valence-corrected chi connectivity index (χ1v) is 11.2. The molecule has 0 saturated heterocycles. The lowest BCUT2D eigenvalue weighted by Crippen LogP contribution is -2.43. The first-order chi connectivity index (χ1) is 13.1. The number of aliphatic hydroxyl groups is 1. The molecule has 3 N–H and O–H groups in total. The molecule has 4 atom stereocenters. The van der Waals surface area contributed by atoms with Gasteiger partial charge in [0.25, 0.3) is 0 Å². The smallest absolute Gasteiger partial charge is 0.191 e. The van der Waals surface area contributed by atoms with Gasteiger partial charge in [0.15, 0.2) is 5.96 Å². The Morgan fingerprint density at radius 3 is 2.71 bits per heavy atom. The molecule has 5 nitrogen and oxygen atoms in total. The molecule has 2 rings (SSSR count). The Morgan fingerprint density at radius 2 is 2.04 bits per heavy atom. The van der Waals surface area contributed by atoms with Crippen LogP contribution in [0.15, 0.2) is 35.3 Å². The van der Waals surface area contributed by atoms with Crippen LogP contribution in [0.3, 0.4) is 0 Å². The SMILES string of the molecule is CCNC(=NCC(O)COC(C)c1ccccc1)NC1CCC(SCC)C1.I. The number of hydrogen-bond acceptors (Lipinski definition) is 4. The molecule has 0 aliphatic heterocycles. The molecule has 1 aromatic carbocycles. The molecule has 4 unspecified atom stereocenters. The second-order valence-corrected chi connectivity index (χ2v) is 8.57. The fraction of sp³-hybridized carbons (Fsp3) is 0.667. The summed E-state index contributed by atoms with van der Waals surface area (Å²) in [5.41, 5.74) is 1.11. The van der Waals surface area contributed by atoms with Crippen LogP contribution >= 0.6 is 35.7 Å². The zero-order valence-corrected chi connectivity index (χ0v) is 20.4. The summed E-state index contributed by atoms with van der Waals surface area (Å²) in [4.78, 5) is 4.56. The quantitative estimate of drug-likeness (QED) is 0.247. The second-order valence-electron chi connectivity index (χ2n) is 6.99. The molecule has 1 aliphatic carbocycles. The van der Waals surface area contributed by atoms with Crippen molar-refractivity contribution < 1.29 is 9.84 Å². The fourth-order valence-corrected chi connectivity index (χ4v) is 4.44. The predicted octanol–water partition coefficient (Wildman–Crippen LogP) is 3.97. The maximum absolute atomic E-state index is 10.2. The van der Waals surface area contributed by atoms with E-state index in [9.17, 15) is 5.11 Å². The van der Waals surface area contributed by atoms with Gasteiger partial charge in [-0.1, -0.05) is 37.3 Å². The van der Waals surface area contributed by atoms with Gasteiger partial charge in [0.2, 0.25) is 0 Å². The van der Waals surface area contributed by atoms with Crippen LogP contribution in [0.4, 0.5) is 0 Å². The summed E-state index contributed by atoms with van der Waals surface area (Å²) >= 11 is 2.05. The zero-order valence-electron chi connectivity index (χ0n) is 17.3. The summed E-state index contributed by atoms with van der Waals surface area (Å²) in [6, 6.07) is 10.5. The van der Waals surface area contributed by atoms with Gasteiger partial charge in [-0.2, -0.15) is 11.8 Å². The van der Waals surface area contributed by atoms with Gasteiger partial charge >= 0.3 is 0 Å². The van der Waals surface area contributed by atoms with Crippen molar-refractivity contribution >= 4 is 41.7 Å². The van der Waals surface area contributed by atoms with Crippen LogP contribution in [0.1, 0.15) is 51.7 Å². The average molecular weight is 522 g/mol. The van der Waals surface area contributed by atoms with E-state index in [-0.39, 0.29) is 36.7 Å². The largest absolute Gasteiger partial charge is 0.389 e. The normalized spacial score (nSPS) is 21.6. The minimum atomic E-state index is -0.612. The lowest BCUT2D eigenvalue weighted by atomic mass is 10.1. The van der Waals surface area contributed by atoms with Gasteiger partial charge in [0, 0.05) is 17.8 Å². The van der Waals surface area contributed by atoms with Crippen LogP contribution in [-0.4, -0.2) is 53.9 Å². The number of thioether (sulfide) groups is 1. The van der Waals surface area contributed by atoms with E-state index in [2.05, 4.69) is 41.2 Å². The minimum Gasteiger partial charge on any atom is -0.389 e. The monoisotopic (exact) mass is 521 g/mol. The van der Waals surface area contributed by atoms with E-state index in [1.165, 1.54) is 25.0 Å². The highest BCUT2D eigenvalue weighted by Gasteiger charge is 2.25. The molecule has 0 heterocycles. The number of ether oxygens (including phenoxy) is 1. The summed E-state index contributed by atoms with van der Waals surface area (Å²) in [7, 11) is 0. The molecular weight excluding hydrogens is 485 g/mol. The highest BCUT2D eigenvalue weighted by atomic mass is 127. The van der Waals surface area contributed by atoms with Crippen molar-refractivity contribution in [1.82, 2.24) is 10.6 Å². The Bertz CT molecular complexity index is 562. The molecule has 160 valence electrons. The standard InChI is InChI=1S/C21H35N3O2S.HI/c1-4-22-21(24-18-11-12-20(13-18)27-5-2)23-14-19(25)15-26-16(3)17-9-7-6-8-10-17;/h6-10,16,18-20,25H,4-5,11-15H2,1-3H3,(H2,22,23,24);1H. The maximum atomic E-state index is 10.2. The van der Waals surface area contributed by atoms with Crippen molar-refractivity contribution in [2.75, 3.05) is 25.4 Å². The van der Waals surface area contributed by atoms with Crippen LogP contribution in [0, 0.1) is 0 Å². The van der Waals surface area contributed by atoms with E-state index in [0.717, 1.165) is 23.3 Å². The summed E-state index contributed by atoms with van der Waals surface area (Å²) in [6.45, 7) is 7.70. The molecule has 0 aromatic heterocycles. The third kappa shape index (κ3) is 9.33. The second kappa shape index (κ2) is 14.5. The van der Waals surface area contributed by atoms with Crippen molar-refractivity contribution in [1.29, 1.82) is 0 Å². The average Bonchev–Trinajstić information content (AvgIpc) is 3.12. The van der Waals surface area contributed by atoms with E-state index >= 15 is 0 Å². The number of rotatable bonds is 10. The first-order valence-electron chi connectivity index (χ1n) is 10.1. The molecule has 7 heteroatoms. The van der Waals surface area contributed by atoms with Crippen LogP contribution in [-0.2, 0) is 4.74 Å². The fourth-order valence-electron chi connectivity index (χ4n) is 3.30. The highest BCUT2D eigenvalue weighted by Crippen LogP contribution is 2.29. The first kappa shape index (κ1) is 25.5. The zero-order chi connectivity index (χ0) is 19.5. The van der Waals surface area contributed by atoms with Gasteiger partial charge in [-0.25, -0.2) is 0 Å². The Hall–Kier alpha value is -0.510. The maximum Gasteiger partial charge on any atom is 0.191 e. The van der Waals surface area contributed by atoms with Gasteiger partial charge in [0.05, 0.1) is 25.4 Å². The molecule has 0 radical (unpaired) electrons. The predicted molar refractivity (Wildman–Crippen MR) is 131 cm³/mol. The van der Waals surface area contributed by atoms with Crippen LogP contribution in [0.5, 0.6) is 0 Å². The van der Waals surface area contributed by atoms with E-state index in [1.54, 1.807) is 0 Å². The van der Waals surface area contributed by atoms with E-state index in [1.807, 2.05) is 37.3 Å². The Balaban J connectivity index is 0.00000392. The number of aliphatic hydroxyl groups excluding tert-OH is 1. The molecule has 1 saturated carbocycles. The van der Waals surface area contributed by atoms with Crippen molar-refractivity contribution in [2.45, 2.75) is 63.5 Å². The Morgan fingerprint density at radius 1 is 1.29 bits per heavy atom. The van der Waals surface area contributed by atoms with Crippen molar-refractivity contribution in [3.8, 4) is 0 Å². The summed E-state index contributed by atoms with van der Waals surface area (Å²) < 4.78 is 5.79. The van der Waals surface area contributed by atoms with Crippen LogP contribution < -0.4 is 10.6 Å². The van der Waals surface area contributed by atoms with Crippen LogP contribution in [0.2, 0.25) is 0 Å². The third-order valence-corrected chi connectivity index (χ3v) is 5.97. The summed E-state index contributed by atoms with van der Waals surface area (Å²) in [5, 5.41) is 17.8. The van der Waals surface area contributed by atoms with Gasteiger partial charge in [0.1, 0.15) is 0 Å². The number of hydrogen-bond donors (Lipinski definition) is 3.